The van der Waals surface area contributed by atoms with Crippen molar-refractivity contribution in [3.8, 4) is 0 Å². The molecule has 0 saturated carbocycles. The van der Waals surface area contributed by atoms with Crippen molar-refractivity contribution >= 4 is 17.3 Å². The van der Waals surface area contributed by atoms with E-state index in [1.165, 1.54) is 0 Å². The van der Waals surface area contributed by atoms with Gasteiger partial charge in [-0.15, -0.1) is 0 Å². The van der Waals surface area contributed by atoms with Gasteiger partial charge in [0, 0.05) is 26.2 Å². The van der Waals surface area contributed by atoms with Crippen LogP contribution in [-0.2, 0) is 0 Å². The molecular weight excluding hydrogens is 226 g/mol. The molecule has 0 aromatic heterocycles. The number of hydrogen-bond donors (Lipinski definition) is 2. The van der Waals surface area contributed by atoms with E-state index in [9.17, 15) is 4.79 Å². The monoisotopic (exact) mass is 249 g/mol. The van der Waals surface area contributed by atoms with Crippen LogP contribution >= 0.6 is 0 Å². The lowest BCUT2D eigenvalue weighted by atomic mass is 9.97. The summed E-state index contributed by atoms with van der Waals surface area (Å²) in [4.78, 5) is 13.4. The van der Waals surface area contributed by atoms with Crippen LogP contribution in [0, 0.1) is 5.41 Å². The average Bonchev–Trinajstić information content (AvgIpc) is 2.25. The van der Waals surface area contributed by atoms with Crippen molar-refractivity contribution in [1.82, 2.24) is 4.90 Å². The lowest BCUT2D eigenvalue weighted by Gasteiger charge is -2.21. The highest BCUT2D eigenvalue weighted by molar-refractivity contribution is 5.95. The zero-order valence-corrected chi connectivity index (χ0v) is 11.9. The predicted molar refractivity (Wildman–Crippen MR) is 76.8 cm³/mol. The van der Waals surface area contributed by atoms with Gasteiger partial charge in [0.1, 0.15) is 0 Å². The molecule has 1 aromatic rings. The number of nitrogens with two attached hydrogens (primary N) is 1. The van der Waals surface area contributed by atoms with Gasteiger partial charge in [-0.1, -0.05) is 20.8 Å². The van der Waals surface area contributed by atoms with Crippen molar-refractivity contribution in [3.63, 3.8) is 0 Å². The first-order valence-electron chi connectivity index (χ1n) is 6.06. The van der Waals surface area contributed by atoms with Gasteiger partial charge >= 0.3 is 0 Å². The molecule has 0 spiro atoms. The Kier molecular flexibility index (Phi) is 4.22. The molecule has 0 unspecified atom stereocenters. The Morgan fingerprint density at radius 1 is 1.33 bits per heavy atom. The summed E-state index contributed by atoms with van der Waals surface area (Å²) in [6.45, 7) is 7.23. The van der Waals surface area contributed by atoms with Crippen molar-refractivity contribution in [2.45, 2.75) is 20.8 Å². The number of carbonyl (C=O) groups is 1. The van der Waals surface area contributed by atoms with Crippen molar-refractivity contribution in [3.05, 3.63) is 23.8 Å². The van der Waals surface area contributed by atoms with Gasteiger partial charge < -0.3 is 16.0 Å². The number of benzene rings is 1. The third-order valence-corrected chi connectivity index (χ3v) is 2.52. The van der Waals surface area contributed by atoms with E-state index in [1.807, 2.05) is 6.07 Å². The molecule has 0 fully saturated rings. The second-order valence-corrected chi connectivity index (χ2v) is 5.92. The van der Waals surface area contributed by atoms with Crippen molar-refractivity contribution < 1.29 is 4.79 Å². The van der Waals surface area contributed by atoms with Crippen molar-refractivity contribution in [1.29, 1.82) is 0 Å². The standard InChI is InChI=1S/C14H23N3O/c1-14(2,3)9-16-12-8-10(6-7-11(12)15)13(18)17(4)5/h6-8,16H,9,15H2,1-5H3. The summed E-state index contributed by atoms with van der Waals surface area (Å²) in [5.41, 5.74) is 8.19. The predicted octanol–water partition coefficient (Wildman–Crippen LogP) is 2.43. The highest BCUT2D eigenvalue weighted by Crippen LogP contribution is 2.23. The van der Waals surface area contributed by atoms with E-state index in [0.717, 1.165) is 12.2 Å². The fraction of sp³-hybridized carbons (Fsp3) is 0.500. The first kappa shape index (κ1) is 14.4. The lowest BCUT2D eigenvalue weighted by Crippen LogP contribution is -2.23. The van der Waals surface area contributed by atoms with E-state index in [1.54, 1.807) is 31.1 Å². The Morgan fingerprint density at radius 2 is 1.94 bits per heavy atom. The fourth-order valence-corrected chi connectivity index (χ4v) is 1.46. The Labute approximate surface area is 109 Å². The van der Waals surface area contributed by atoms with Gasteiger partial charge in [-0.05, 0) is 23.6 Å². The van der Waals surface area contributed by atoms with Crippen LogP contribution in [0.3, 0.4) is 0 Å². The van der Waals surface area contributed by atoms with Gasteiger partial charge in [-0.3, -0.25) is 4.79 Å². The number of nitrogen functional groups attached to an aromatic ring is 1. The number of amides is 1. The molecule has 0 bridgehead atoms. The van der Waals surface area contributed by atoms with Gasteiger partial charge in [0.15, 0.2) is 0 Å². The molecule has 1 rings (SSSR count). The summed E-state index contributed by atoms with van der Waals surface area (Å²) >= 11 is 0. The molecule has 1 aromatic carbocycles. The highest BCUT2D eigenvalue weighted by Gasteiger charge is 2.13. The van der Waals surface area contributed by atoms with Gasteiger partial charge in [-0.2, -0.15) is 0 Å². The zero-order chi connectivity index (χ0) is 13.9. The molecule has 100 valence electrons. The van der Waals surface area contributed by atoms with Crippen LogP contribution in [0.2, 0.25) is 0 Å². The minimum atomic E-state index is -0.0196. The van der Waals surface area contributed by atoms with Crippen LogP contribution in [0.15, 0.2) is 18.2 Å². The smallest absolute Gasteiger partial charge is 0.253 e. The quantitative estimate of drug-likeness (QED) is 0.809. The van der Waals surface area contributed by atoms with E-state index < -0.39 is 0 Å². The van der Waals surface area contributed by atoms with E-state index in [0.29, 0.717) is 11.3 Å². The summed E-state index contributed by atoms with van der Waals surface area (Å²) in [5, 5.41) is 3.29. The van der Waals surface area contributed by atoms with Crippen LogP contribution in [0.4, 0.5) is 11.4 Å². The minimum Gasteiger partial charge on any atom is -0.397 e. The second-order valence-electron chi connectivity index (χ2n) is 5.92. The second kappa shape index (κ2) is 5.29. The van der Waals surface area contributed by atoms with Crippen LogP contribution in [0.1, 0.15) is 31.1 Å². The minimum absolute atomic E-state index is 0.0196. The zero-order valence-electron chi connectivity index (χ0n) is 11.9. The number of anilines is 2. The third-order valence-electron chi connectivity index (χ3n) is 2.52. The maximum absolute atomic E-state index is 11.9. The first-order valence-corrected chi connectivity index (χ1v) is 6.06. The molecule has 18 heavy (non-hydrogen) atoms. The van der Waals surface area contributed by atoms with E-state index in [4.69, 9.17) is 5.73 Å². The molecule has 0 aliphatic rings. The summed E-state index contributed by atoms with van der Waals surface area (Å²) < 4.78 is 0. The summed E-state index contributed by atoms with van der Waals surface area (Å²) in [6.07, 6.45) is 0. The Bertz CT molecular complexity index is 433. The van der Waals surface area contributed by atoms with Crippen molar-refractivity contribution in [2.75, 3.05) is 31.7 Å². The van der Waals surface area contributed by atoms with Crippen LogP contribution in [0.25, 0.3) is 0 Å². The fourth-order valence-electron chi connectivity index (χ4n) is 1.46. The molecule has 0 saturated heterocycles. The molecule has 0 aliphatic heterocycles. The molecule has 0 radical (unpaired) electrons. The molecule has 1 amide bonds. The maximum Gasteiger partial charge on any atom is 0.253 e. The number of carbonyl (C=O) groups excluding carboxylic acids is 1. The lowest BCUT2D eigenvalue weighted by molar-refractivity contribution is 0.0827. The normalized spacial score (nSPS) is 11.2. The van der Waals surface area contributed by atoms with Gasteiger partial charge in [0.25, 0.3) is 5.91 Å². The molecular formula is C14H23N3O. The first-order chi connectivity index (χ1) is 8.20. The number of nitrogens with zero attached hydrogens (tertiary/aromatic N) is 1. The van der Waals surface area contributed by atoms with Crippen LogP contribution in [-0.4, -0.2) is 31.4 Å². The van der Waals surface area contributed by atoms with Gasteiger partial charge in [-0.25, -0.2) is 0 Å². The summed E-state index contributed by atoms with van der Waals surface area (Å²) in [6, 6.07) is 5.32. The van der Waals surface area contributed by atoms with Crippen molar-refractivity contribution in [2.24, 2.45) is 5.41 Å². The number of rotatable bonds is 3. The van der Waals surface area contributed by atoms with E-state index in [-0.39, 0.29) is 11.3 Å². The largest absolute Gasteiger partial charge is 0.397 e. The maximum atomic E-state index is 11.9. The highest BCUT2D eigenvalue weighted by atomic mass is 16.2. The molecule has 0 heterocycles. The molecule has 3 N–H and O–H groups in total. The van der Waals surface area contributed by atoms with Crippen LogP contribution in [0.5, 0.6) is 0 Å². The SMILES string of the molecule is CN(C)C(=O)c1ccc(N)c(NCC(C)(C)C)c1. The summed E-state index contributed by atoms with van der Waals surface area (Å²) in [5.74, 6) is -0.0196. The average molecular weight is 249 g/mol. The molecule has 4 nitrogen and oxygen atoms in total. The van der Waals surface area contributed by atoms with Crippen LogP contribution < -0.4 is 11.1 Å². The Balaban J connectivity index is 2.91. The topological polar surface area (TPSA) is 58.4 Å². The van der Waals surface area contributed by atoms with E-state index >= 15 is 0 Å². The number of hydrogen-bond acceptors (Lipinski definition) is 3. The van der Waals surface area contributed by atoms with Gasteiger partial charge in [0.05, 0.1) is 11.4 Å². The Hall–Kier alpha value is -1.71. The Morgan fingerprint density at radius 3 is 2.44 bits per heavy atom. The number of nitrogens with one attached hydrogen (secondary N) is 1. The molecule has 0 aliphatic carbocycles. The summed E-state index contributed by atoms with van der Waals surface area (Å²) in [7, 11) is 3.47. The molecule has 0 atom stereocenters. The molecule has 4 heteroatoms. The van der Waals surface area contributed by atoms with E-state index in [2.05, 4.69) is 26.1 Å². The van der Waals surface area contributed by atoms with Gasteiger partial charge in [0.2, 0.25) is 0 Å². The third kappa shape index (κ3) is 3.95.